The molecule has 0 atom stereocenters. The van der Waals surface area contributed by atoms with Crippen LogP contribution in [-0.4, -0.2) is 13.2 Å². The van der Waals surface area contributed by atoms with Gasteiger partial charge in [0.1, 0.15) is 24.7 Å². The van der Waals surface area contributed by atoms with Crippen molar-refractivity contribution in [1.82, 2.24) is 0 Å². The third kappa shape index (κ3) is 4.48. The normalized spacial score (nSPS) is 10.5. The van der Waals surface area contributed by atoms with Crippen LogP contribution in [0, 0.1) is 13.8 Å². The molecule has 0 aliphatic carbocycles. The lowest BCUT2D eigenvalue weighted by molar-refractivity contribution is 0.217. The largest absolute Gasteiger partial charge is 0.490 e. The van der Waals surface area contributed by atoms with Crippen molar-refractivity contribution >= 4 is 15.9 Å². The summed E-state index contributed by atoms with van der Waals surface area (Å²) in [5.74, 6) is 1.69. The Hall–Kier alpha value is -1.52. The zero-order valence-corrected chi connectivity index (χ0v) is 13.9. The maximum absolute atomic E-state index is 5.73. The van der Waals surface area contributed by atoms with E-state index in [9.17, 15) is 0 Å². The van der Waals surface area contributed by atoms with Crippen LogP contribution in [0.5, 0.6) is 11.5 Å². The van der Waals surface area contributed by atoms with E-state index in [1.807, 2.05) is 36.4 Å². The van der Waals surface area contributed by atoms with Crippen LogP contribution in [0.15, 0.2) is 40.9 Å². The summed E-state index contributed by atoms with van der Waals surface area (Å²) >= 11 is 3.55. The molecule has 112 valence electrons. The van der Waals surface area contributed by atoms with Gasteiger partial charge >= 0.3 is 0 Å². The van der Waals surface area contributed by atoms with Crippen LogP contribution in [-0.2, 0) is 6.54 Å². The van der Waals surface area contributed by atoms with E-state index in [1.165, 1.54) is 11.1 Å². The van der Waals surface area contributed by atoms with Crippen LogP contribution >= 0.6 is 15.9 Å². The zero-order chi connectivity index (χ0) is 15.2. The molecular formula is C17H20BrNO2. The number of ether oxygens (including phenoxy) is 2. The molecule has 0 aliphatic heterocycles. The van der Waals surface area contributed by atoms with Crippen molar-refractivity contribution in [2.24, 2.45) is 5.73 Å². The second-order valence-corrected chi connectivity index (χ2v) is 5.71. The summed E-state index contributed by atoms with van der Waals surface area (Å²) in [5, 5.41) is 0. The van der Waals surface area contributed by atoms with Gasteiger partial charge in [0.25, 0.3) is 0 Å². The molecule has 0 bridgehead atoms. The highest BCUT2D eigenvalue weighted by Gasteiger charge is 2.03. The number of nitrogens with two attached hydrogens (primary N) is 1. The Labute approximate surface area is 134 Å². The topological polar surface area (TPSA) is 44.5 Å². The number of hydrogen-bond acceptors (Lipinski definition) is 3. The van der Waals surface area contributed by atoms with Gasteiger partial charge in [-0.3, -0.25) is 0 Å². The van der Waals surface area contributed by atoms with E-state index in [2.05, 4.69) is 29.8 Å². The van der Waals surface area contributed by atoms with Crippen LogP contribution in [0.3, 0.4) is 0 Å². The molecule has 0 heterocycles. The van der Waals surface area contributed by atoms with Crippen molar-refractivity contribution < 1.29 is 9.47 Å². The number of hydrogen-bond donors (Lipinski definition) is 1. The van der Waals surface area contributed by atoms with Crippen molar-refractivity contribution in [2.45, 2.75) is 20.4 Å². The number of aryl methyl sites for hydroxylation is 2. The molecule has 2 aromatic carbocycles. The summed E-state index contributed by atoms with van der Waals surface area (Å²) in [6.45, 7) is 5.64. The fraction of sp³-hybridized carbons (Fsp3) is 0.294. The Morgan fingerprint density at radius 2 is 1.57 bits per heavy atom. The predicted molar refractivity (Wildman–Crippen MR) is 88.9 cm³/mol. The fourth-order valence-corrected chi connectivity index (χ4v) is 2.30. The minimum absolute atomic E-state index is 0.502. The molecular weight excluding hydrogens is 330 g/mol. The van der Waals surface area contributed by atoms with Gasteiger partial charge in [0, 0.05) is 11.0 Å². The van der Waals surface area contributed by atoms with Crippen molar-refractivity contribution in [2.75, 3.05) is 13.2 Å². The van der Waals surface area contributed by atoms with Crippen LogP contribution in [0.2, 0.25) is 0 Å². The lowest BCUT2D eigenvalue weighted by Gasteiger charge is -2.11. The van der Waals surface area contributed by atoms with Gasteiger partial charge in [0.2, 0.25) is 0 Å². The summed E-state index contributed by atoms with van der Waals surface area (Å²) in [7, 11) is 0. The molecule has 4 heteroatoms. The van der Waals surface area contributed by atoms with E-state index < -0.39 is 0 Å². The van der Waals surface area contributed by atoms with Gasteiger partial charge in [-0.1, -0.05) is 28.1 Å². The van der Waals surface area contributed by atoms with Gasteiger partial charge in [-0.25, -0.2) is 0 Å². The molecule has 21 heavy (non-hydrogen) atoms. The molecule has 0 saturated carbocycles. The first-order valence-corrected chi connectivity index (χ1v) is 7.71. The second-order valence-electron chi connectivity index (χ2n) is 4.92. The van der Waals surface area contributed by atoms with Crippen molar-refractivity contribution in [3.05, 3.63) is 57.6 Å². The first-order chi connectivity index (χ1) is 10.1. The number of benzene rings is 2. The first kappa shape index (κ1) is 15.9. The van der Waals surface area contributed by atoms with E-state index in [-0.39, 0.29) is 0 Å². The van der Waals surface area contributed by atoms with Crippen molar-refractivity contribution in [3.63, 3.8) is 0 Å². The molecule has 0 unspecified atom stereocenters. The third-order valence-electron chi connectivity index (χ3n) is 3.16. The van der Waals surface area contributed by atoms with Gasteiger partial charge in [-0.15, -0.1) is 0 Å². The molecule has 3 nitrogen and oxygen atoms in total. The van der Waals surface area contributed by atoms with E-state index in [0.29, 0.717) is 19.8 Å². The Morgan fingerprint density at radius 3 is 2.19 bits per heavy atom. The highest BCUT2D eigenvalue weighted by atomic mass is 79.9. The summed E-state index contributed by atoms with van der Waals surface area (Å²) in [5.41, 5.74) is 9.00. The third-order valence-corrected chi connectivity index (χ3v) is 4.42. The smallest absolute Gasteiger partial charge is 0.122 e. The first-order valence-electron chi connectivity index (χ1n) is 6.91. The van der Waals surface area contributed by atoms with Crippen LogP contribution < -0.4 is 15.2 Å². The molecule has 0 aliphatic rings. The molecule has 2 rings (SSSR count). The Kier molecular flexibility index (Phi) is 5.65. The summed E-state index contributed by atoms with van der Waals surface area (Å²) in [6.07, 6.45) is 0. The average Bonchev–Trinajstić information content (AvgIpc) is 2.49. The predicted octanol–water partition coefficient (Wildman–Crippen LogP) is 3.98. The molecule has 0 radical (unpaired) electrons. The van der Waals surface area contributed by atoms with Crippen LogP contribution in [0.1, 0.15) is 16.7 Å². The highest BCUT2D eigenvalue weighted by Crippen LogP contribution is 2.26. The van der Waals surface area contributed by atoms with Crippen LogP contribution in [0.4, 0.5) is 0 Å². The summed E-state index contributed by atoms with van der Waals surface area (Å²) in [6, 6.07) is 11.8. The quantitative estimate of drug-likeness (QED) is 0.802. The van der Waals surface area contributed by atoms with Gasteiger partial charge in [-0.2, -0.15) is 0 Å². The molecule has 2 aromatic rings. The molecule has 0 fully saturated rings. The van der Waals surface area contributed by atoms with Crippen molar-refractivity contribution in [3.8, 4) is 11.5 Å². The van der Waals surface area contributed by atoms with Gasteiger partial charge in [-0.05, 0) is 54.8 Å². The number of rotatable bonds is 6. The monoisotopic (exact) mass is 349 g/mol. The maximum Gasteiger partial charge on any atom is 0.122 e. The molecule has 0 amide bonds. The molecule has 0 aromatic heterocycles. The minimum atomic E-state index is 0.502. The highest BCUT2D eigenvalue weighted by molar-refractivity contribution is 9.10. The van der Waals surface area contributed by atoms with E-state index in [1.54, 1.807) is 0 Å². The lowest BCUT2D eigenvalue weighted by Crippen LogP contribution is -2.09. The van der Waals surface area contributed by atoms with Gasteiger partial charge < -0.3 is 15.2 Å². The molecule has 0 saturated heterocycles. The Balaban J connectivity index is 1.84. The van der Waals surface area contributed by atoms with E-state index >= 15 is 0 Å². The number of halogens is 1. The summed E-state index contributed by atoms with van der Waals surface area (Å²) < 4.78 is 12.5. The second kappa shape index (κ2) is 7.48. The van der Waals surface area contributed by atoms with Crippen LogP contribution in [0.25, 0.3) is 0 Å². The average molecular weight is 350 g/mol. The maximum atomic E-state index is 5.73. The molecule has 0 spiro atoms. The van der Waals surface area contributed by atoms with Gasteiger partial charge in [0.15, 0.2) is 0 Å². The molecule has 2 N–H and O–H groups in total. The lowest BCUT2D eigenvalue weighted by atomic mass is 10.1. The Bertz CT molecular complexity index is 590. The SMILES string of the molecule is Cc1cc(OCCOc2cccc(CN)c2)cc(C)c1Br. The Morgan fingerprint density at radius 1 is 0.952 bits per heavy atom. The fourth-order valence-electron chi connectivity index (χ4n) is 2.07. The standard InChI is InChI=1S/C17H20BrNO2/c1-12-8-16(9-13(2)17(12)18)21-7-6-20-15-5-3-4-14(10-15)11-19/h3-5,8-10H,6-7,11,19H2,1-2H3. The van der Waals surface area contributed by atoms with Crippen molar-refractivity contribution in [1.29, 1.82) is 0 Å². The zero-order valence-electron chi connectivity index (χ0n) is 12.4. The summed E-state index contributed by atoms with van der Waals surface area (Å²) in [4.78, 5) is 0. The van der Waals surface area contributed by atoms with Gasteiger partial charge in [0.05, 0.1) is 0 Å². The minimum Gasteiger partial charge on any atom is -0.490 e. The van der Waals surface area contributed by atoms with E-state index in [0.717, 1.165) is 21.5 Å². The van der Waals surface area contributed by atoms with E-state index in [4.69, 9.17) is 15.2 Å².